The molecule has 0 rings (SSSR count). The van der Waals surface area contributed by atoms with Crippen LogP contribution in [0.25, 0.3) is 0 Å². The zero-order valence-corrected chi connectivity index (χ0v) is 18.6. The van der Waals surface area contributed by atoms with Crippen molar-refractivity contribution >= 4 is 16.4 Å². The minimum Gasteiger partial charge on any atom is -0.726 e. The van der Waals surface area contributed by atoms with Crippen molar-refractivity contribution in [1.82, 2.24) is 0 Å². The largest absolute Gasteiger partial charge is 0.726 e. The summed E-state index contributed by atoms with van der Waals surface area (Å²) >= 11 is 0. The molecule has 170 valence electrons. The van der Waals surface area contributed by atoms with Crippen LogP contribution in [0.1, 0.15) is 39.5 Å². The number of carboxylic acids is 1. The van der Waals surface area contributed by atoms with E-state index in [0.717, 1.165) is 25.7 Å². The minimum atomic E-state index is -4.42. The molecule has 0 bridgehead atoms. The Hall–Kier alpha value is -2.04. The van der Waals surface area contributed by atoms with E-state index in [-0.39, 0.29) is 12.2 Å². The van der Waals surface area contributed by atoms with Crippen LogP contribution in [0.3, 0.4) is 0 Å². The molecule has 29 heavy (non-hydrogen) atoms. The van der Waals surface area contributed by atoms with Crippen LogP contribution in [-0.2, 0) is 19.4 Å². The second-order valence-corrected chi connectivity index (χ2v) is 6.76. The Kier molecular flexibility index (Phi) is 28.5. The van der Waals surface area contributed by atoms with E-state index in [9.17, 15) is 22.9 Å². The van der Waals surface area contributed by atoms with Crippen molar-refractivity contribution < 1.29 is 38.5 Å². The topological polar surface area (TPSA) is 162 Å². The van der Waals surface area contributed by atoms with Crippen molar-refractivity contribution in [3.05, 3.63) is 62.8 Å². The average Bonchev–Trinajstić information content (AvgIpc) is 2.56. The SMILES string of the molecule is C=C(C)C(=O)[O-].C=CCC([NH3+])CC=C.C=CCC([NH3+])CC=C.CCOS(=O)(=O)[O-]. The summed E-state index contributed by atoms with van der Waals surface area (Å²) in [7, 11) is -4.42. The van der Waals surface area contributed by atoms with E-state index in [1.807, 2.05) is 24.3 Å². The van der Waals surface area contributed by atoms with Crippen molar-refractivity contribution in [3.8, 4) is 0 Å². The number of hydrogen-bond donors (Lipinski definition) is 2. The van der Waals surface area contributed by atoms with Gasteiger partial charge in [-0.25, -0.2) is 8.42 Å². The molecule has 0 saturated heterocycles. The predicted octanol–water partition coefficient (Wildman–Crippen LogP) is 0.294. The molecule has 0 saturated carbocycles. The Morgan fingerprint density at radius 3 is 1.28 bits per heavy atom. The van der Waals surface area contributed by atoms with Crippen molar-refractivity contribution in [3.63, 3.8) is 0 Å². The highest BCUT2D eigenvalue weighted by Gasteiger charge is 1.97. The van der Waals surface area contributed by atoms with Crippen LogP contribution in [0.2, 0.25) is 0 Å². The Morgan fingerprint density at radius 2 is 1.21 bits per heavy atom. The van der Waals surface area contributed by atoms with E-state index in [1.165, 1.54) is 13.8 Å². The van der Waals surface area contributed by atoms with Gasteiger partial charge in [0, 0.05) is 25.7 Å². The van der Waals surface area contributed by atoms with Gasteiger partial charge in [-0.15, -0.1) is 26.3 Å². The summed E-state index contributed by atoms with van der Waals surface area (Å²) in [6.07, 6.45) is 11.5. The van der Waals surface area contributed by atoms with Gasteiger partial charge in [-0.05, 0) is 19.4 Å². The second kappa shape index (κ2) is 24.0. The number of carboxylic acid groups (broad SMARTS) is 1. The molecule has 0 aliphatic heterocycles. The van der Waals surface area contributed by atoms with Gasteiger partial charge in [-0.3, -0.25) is 4.18 Å². The molecule has 0 heterocycles. The molecule has 0 atom stereocenters. The van der Waals surface area contributed by atoms with Gasteiger partial charge >= 0.3 is 0 Å². The van der Waals surface area contributed by atoms with Crippen molar-refractivity contribution in [2.75, 3.05) is 6.61 Å². The van der Waals surface area contributed by atoms with Gasteiger partial charge < -0.3 is 25.9 Å². The molecule has 0 unspecified atom stereocenters. The van der Waals surface area contributed by atoms with Crippen LogP contribution in [-0.4, -0.2) is 37.6 Å². The zero-order valence-electron chi connectivity index (χ0n) is 17.8. The highest BCUT2D eigenvalue weighted by molar-refractivity contribution is 7.80. The third kappa shape index (κ3) is 46.2. The van der Waals surface area contributed by atoms with Gasteiger partial charge in [0.2, 0.25) is 10.4 Å². The van der Waals surface area contributed by atoms with Gasteiger partial charge in [0.05, 0.1) is 24.7 Å². The normalized spacial score (nSPS) is 9.48. The quantitative estimate of drug-likeness (QED) is 0.205. The monoisotopic (exact) mass is 434 g/mol. The van der Waals surface area contributed by atoms with Gasteiger partial charge in [0.1, 0.15) is 0 Å². The lowest BCUT2D eigenvalue weighted by atomic mass is 10.1. The number of hydrogen-bond acceptors (Lipinski definition) is 6. The van der Waals surface area contributed by atoms with Crippen molar-refractivity contribution in [2.45, 2.75) is 51.6 Å². The molecule has 0 aromatic heterocycles. The molecular formula is C20H38N2O6S. The standard InChI is InChI=1S/2C7H13N.C4H6O2.C2H6O4S/c2*1-3-5-7(8)6-4-2;1-3(2)4(5)6;1-2-6-7(3,4)5/h2*3-4,7H,1-2,5-6,8H2;1H2,2H3,(H,5,6);2H2,1H3,(H,3,4,5). The van der Waals surface area contributed by atoms with E-state index in [0.29, 0.717) is 12.1 Å². The highest BCUT2D eigenvalue weighted by Crippen LogP contribution is 1.92. The molecule has 8 nitrogen and oxygen atoms in total. The first-order valence-electron chi connectivity index (χ1n) is 8.89. The molecular weight excluding hydrogens is 396 g/mol. The molecule has 0 amide bonds. The van der Waals surface area contributed by atoms with Gasteiger partial charge in [-0.1, -0.05) is 30.9 Å². The summed E-state index contributed by atoms with van der Waals surface area (Å²) in [5.41, 5.74) is 7.81. The lowest BCUT2D eigenvalue weighted by Gasteiger charge is -2.02. The molecule has 0 aliphatic carbocycles. The summed E-state index contributed by atoms with van der Waals surface area (Å²) in [4.78, 5) is 9.49. The van der Waals surface area contributed by atoms with Gasteiger partial charge in [0.15, 0.2) is 0 Å². The fourth-order valence-corrected chi connectivity index (χ4v) is 1.57. The fraction of sp³-hybridized carbons (Fsp3) is 0.450. The first-order valence-corrected chi connectivity index (χ1v) is 10.2. The number of quaternary nitrogens is 2. The summed E-state index contributed by atoms with van der Waals surface area (Å²) in [6, 6.07) is 0.954. The summed E-state index contributed by atoms with van der Waals surface area (Å²) in [5, 5.41) is 9.49. The van der Waals surface area contributed by atoms with Gasteiger partial charge in [0.25, 0.3) is 0 Å². The van der Waals surface area contributed by atoms with Crippen LogP contribution in [0.5, 0.6) is 0 Å². The Labute approximate surface area is 176 Å². The third-order valence-corrected chi connectivity index (χ3v) is 3.14. The van der Waals surface area contributed by atoms with E-state index in [2.05, 4.69) is 48.5 Å². The Bertz CT molecular complexity index is 520. The average molecular weight is 435 g/mol. The number of rotatable bonds is 11. The van der Waals surface area contributed by atoms with Crippen LogP contribution in [0, 0.1) is 0 Å². The number of carbonyl (C=O) groups is 1. The number of carbonyl (C=O) groups excluding carboxylic acids is 1. The minimum absolute atomic E-state index is 0.0648. The molecule has 0 aromatic rings. The maximum absolute atomic E-state index is 9.49. The van der Waals surface area contributed by atoms with E-state index in [4.69, 9.17) is 0 Å². The van der Waals surface area contributed by atoms with Crippen LogP contribution in [0.4, 0.5) is 0 Å². The first kappa shape index (κ1) is 34.5. The molecule has 0 radical (unpaired) electrons. The molecule has 0 spiro atoms. The molecule has 0 fully saturated rings. The van der Waals surface area contributed by atoms with Crippen molar-refractivity contribution in [1.29, 1.82) is 0 Å². The summed E-state index contributed by atoms with van der Waals surface area (Å²) < 4.78 is 32.0. The molecule has 9 heteroatoms. The zero-order chi connectivity index (χ0) is 23.9. The fourth-order valence-electron chi connectivity index (χ4n) is 1.28. The van der Waals surface area contributed by atoms with Crippen LogP contribution >= 0.6 is 0 Å². The predicted molar refractivity (Wildman–Crippen MR) is 114 cm³/mol. The van der Waals surface area contributed by atoms with E-state index >= 15 is 0 Å². The maximum atomic E-state index is 9.49. The van der Waals surface area contributed by atoms with Crippen molar-refractivity contribution in [2.24, 2.45) is 0 Å². The molecule has 0 aromatic carbocycles. The first-order chi connectivity index (χ1) is 13.3. The maximum Gasteiger partial charge on any atom is 0.217 e. The summed E-state index contributed by atoms with van der Waals surface area (Å²) in [6.45, 7) is 20.2. The lowest BCUT2D eigenvalue weighted by molar-refractivity contribution is -0.417. The lowest BCUT2D eigenvalue weighted by Crippen LogP contribution is -2.60. The number of aliphatic carboxylic acids is 1. The molecule has 0 aliphatic rings. The van der Waals surface area contributed by atoms with E-state index < -0.39 is 16.4 Å². The van der Waals surface area contributed by atoms with Gasteiger partial charge in [-0.2, -0.15) is 0 Å². The highest BCUT2D eigenvalue weighted by atomic mass is 32.3. The van der Waals surface area contributed by atoms with Crippen LogP contribution < -0.4 is 16.6 Å². The van der Waals surface area contributed by atoms with E-state index in [1.54, 1.807) is 0 Å². The smallest absolute Gasteiger partial charge is 0.217 e. The van der Waals surface area contributed by atoms with Crippen LogP contribution in [0.15, 0.2) is 62.8 Å². The Morgan fingerprint density at radius 1 is 0.966 bits per heavy atom. The Balaban J connectivity index is -0.000000145. The summed E-state index contributed by atoms with van der Waals surface area (Å²) in [5.74, 6) is -1.19. The third-order valence-electron chi connectivity index (χ3n) is 2.61. The molecule has 6 N–H and O–H groups in total. The second-order valence-electron chi connectivity index (χ2n) is 5.71.